The average Bonchev–Trinajstić information content (AvgIpc) is 2.74. The topological polar surface area (TPSA) is 118 Å². The van der Waals surface area contributed by atoms with E-state index in [9.17, 15) is 25.2 Å². The Labute approximate surface area is 183 Å². The molecule has 5 N–H and O–H groups in total. The van der Waals surface area contributed by atoms with E-state index in [1.165, 1.54) is 0 Å². The first-order valence-electron chi connectivity index (χ1n) is 11.9. The van der Waals surface area contributed by atoms with E-state index in [1.807, 2.05) is 0 Å². The number of unbranched alkanes of at least 4 members (excludes halogenated alkanes) is 10. The number of rotatable bonds is 22. The number of carbonyl (C=O) groups is 1. The summed E-state index contributed by atoms with van der Waals surface area (Å²) in [6.07, 6.45) is 18.8. The first-order valence-corrected chi connectivity index (χ1v) is 11.9. The Balaban J connectivity index is 3.46. The molecule has 6 nitrogen and oxygen atoms in total. The van der Waals surface area contributed by atoms with Gasteiger partial charge in [-0.15, -0.1) is 0 Å². The lowest BCUT2D eigenvalue weighted by molar-refractivity contribution is -0.137. The summed E-state index contributed by atoms with van der Waals surface area (Å²) in [7, 11) is 0. The first kappa shape index (κ1) is 29.1. The molecule has 1 atom stereocenters. The van der Waals surface area contributed by atoms with Crippen molar-refractivity contribution in [2.24, 2.45) is 5.41 Å². The van der Waals surface area contributed by atoms with Crippen LogP contribution in [0, 0.1) is 5.41 Å². The molecule has 0 aromatic rings. The lowest BCUT2D eigenvalue weighted by atomic mass is 9.85. The minimum atomic E-state index is -0.737. The van der Waals surface area contributed by atoms with Crippen molar-refractivity contribution >= 4 is 5.97 Å². The zero-order valence-corrected chi connectivity index (χ0v) is 18.8. The molecule has 0 unspecified atom stereocenters. The molecular formula is C24H46O6. The maximum atomic E-state index is 10.4. The quantitative estimate of drug-likeness (QED) is 0.130. The van der Waals surface area contributed by atoms with Crippen LogP contribution in [0.3, 0.4) is 0 Å². The van der Waals surface area contributed by atoms with Crippen LogP contribution in [0.25, 0.3) is 0 Å². The van der Waals surface area contributed by atoms with Crippen molar-refractivity contribution in [3.8, 4) is 0 Å². The Morgan fingerprint density at radius 1 is 0.733 bits per heavy atom. The molecule has 0 aliphatic rings. The average molecular weight is 431 g/mol. The van der Waals surface area contributed by atoms with Crippen LogP contribution in [-0.4, -0.2) is 57.4 Å². The molecule has 6 heteroatoms. The second-order valence-corrected chi connectivity index (χ2v) is 8.70. The van der Waals surface area contributed by atoms with E-state index in [0.29, 0.717) is 12.8 Å². The third kappa shape index (κ3) is 16.8. The molecule has 0 rings (SSSR count). The van der Waals surface area contributed by atoms with Crippen LogP contribution in [0.1, 0.15) is 103 Å². The van der Waals surface area contributed by atoms with Gasteiger partial charge in [0.25, 0.3) is 0 Å². The summed E-state index contributed by atoms with van der Waals surface area (Å²) in [6.45, 7) is -0.539. The molecule has 0 amide bonds. The van der Waals surface area contributed by atoms with E-state index in [1.54, 1.807) is 0 Å². The normalized spacial score (nSPS) is 13.2. The van der Waals surface area contributed by atoms with Gasteiger partial charge >= 0.3 is 5.97 Å². The number of carboxylic acids is 1. The van der Waals surface area contributed by atoms with Crippen LogP contribution in [0.2, 0.25) is 0 Å². The predicted molar refractivity (Wildman–Crippen MR) is 120 cm³/mol. The van der Waals surface area contributed by atoms with E-state index in [0.717, 1.165) is 83.5 Å². The van der Waals surface area contributed by atoms with Gasteiger partial charge in [0, 0.05) is 11.8 Å². The van der Waals surface area contributed by atoms with Crippen molar-refractivity contribution in [1.82, 2.24) is 0 Å². The fourth-order valence-electron chi connectivity index (χ4n) is 3.53. The van der Waals surface area contributed by atoms with Gasteiger partial charge < -0.3 is 25.5 Å². The highest BCUT2D eigenvalue weighted by Crippen LogP contribution is 2.24. The summed E-state index contributed by atoms with van der Waals surface area (Å²) in [6, 6.07) is 0. The molecule has 0 aliphatic heterocycles. The van der Waals surface area contributed by atoms with Gasteiger partial charge in [-0.05, 0) is 38.5 Å². The minimum absolute atomic E-state index is 0.180. The lowest BCUT2D eigenvalue weighted by Gasteiger charge is -2.27. The standard InChI is InChI=1S/C24H46O6/c25-19-24(20-26,21-27)18-14-10-6-5-8-12-16-22(28)15-11-7-3-1-2-4-9-13-17-23(29)30/h7,11,22,25-28H,1-6,8-10,12-21H2,(H,29,30)/t22-/m0/s1. The third-order valence-electron chi connectivity index (χ3n) is 5.84. The number of aliphatic hydroxyl groups is 4. The zero-order chi connectivity index (χ0) is 22.5. The smallest absolute Gasteiger partial charge is 0.303 e. The van der Waals surface area contributed by atoms with Crippen molar-refractivity contribution < 1.29 is 30.3 Å². The van der Waals surface area contributed by atoms with Crippen molar-refractivity contribution in [3.63, 3.8) is 0 Å². The van der Waals surface area contributed by atoms with Crippen LogP contribution in [0.15, 0.2) is 12.2 Å². The van der Waals surface area contributed by atoms with Gasteiger partial charge in [0.15, 0.2) is 0 Å². The monoisotopic (exact) mass is 430 g/mol. The molecule has 178 valence electrons. The third-order valence-corrected chi connectivity index (χ3v) is 5.84. The maximum Gasteiger partial charge on any atom is 0.303 e. The minimum Gasteiger partial charge on any atom is -0.481 e. The van der Waals surface area contributed by atoms with Crippen LogP contribution in [0.4, 0.5) is 0 Å². The van der Waals surface area contributed by atoms with E-state index < -0.39 is 11.4 Å². The van der Waals surface area contributed by atoms with Gasteiger partial charge in [-0.1, -0.05) is 69.9 Å². The molecule has 0 radical (unpaired) electrons. The van der Waals surface area contributed by atoms with Gasteiger partial charge in [0.1, 0.15) is 0 Å². The second kappa shape index (κ2) is 20.0. The van der Waals surface area contributed by atoms with Gasteiger partial charge in [-0.25, -0.2) is 0 Å². The van der Waals surface area contributed by atoms with Crippen molar-refractivity contribution in [1.29, 1.82) is 0 Å². The summed E-state index contributed by atoms with van der Waals surface area (Å²) in [5, 5.41) is 46.5. The maximum absolute atomic E-state index is 10.4. The number of aliphatic carboxylic acids is 1. The predicted octanol–water partition coefficient (Wildman–Crippen LogP) is 4.19. The largest absolute Gasteiger partial charge is 0.481 e. The highest BCUT2D eigenvalue weighted by atomic mass is 16.4. The van der Waals surface area contributed by atoms with E-state index in [-0.39, 0.29) is 32.3 Å². The van der Waals surface area contributed by atoms with Gasteiger partial charge in [-0.2, -0.15) is 0 Å². The van der Waals surface area contributed by atoms with Gasteiger partial charge in [0.2, 0.25) is 0 Å². The number of hydrogen-bond acceptors (Lipinski definition) is 5. The fourth-order valence-corrected chi connectivity index (χ4v) is 3.53. The summed E-state index contributed by atoms with van der Waals surface area (Å²) < 4.78 is 0. The highest BCUT2D eigenvalue weighted by molar-refractivity contribution is 5.66. The molecule has 0 spiro atoms. The summed E-state index contributed by atoms with van der Waals surface area (Å²) in [4.78, 5) is 10.4. The summed E-state index contributed by atoms with van der Waals surface area (Å²) in [5.41, 5.74) is -0.737. The highest BCUT2D eigenvalue weighted by Gasteiger charge is 2.27. The molecule has 0 heterocycles. The number of aliphatic hydroxyl groups excluding tert-OH is 4. The van der Waals surface area contributed by atoms with Crippen molar-refractivity contribution in [2.45, 2.75) is 109 Å². The second-order valence-electron chi connectivity index (χ2n) is 8.70. The van der Waals surface area contributed by atoms with Crippen LogP contribution < -0.4 is 0 Å². The number of hydrogen-bond donors (Lipinski definition) is 5. The SMILES string of the molecule is O=C(O)CCCCCCCC=CC[C@H](O)CCCCCCCCC(CO)(CO)CO. The van der Waals surface area contributed by atoms with E-state index in [2.05, 4.69) is 12.2 Å². The Kier molecular flexibility index (Phi) is 19.3. The number of allylic oxidation sites excluding steroid dienone is 1. The zero-order valence-electron chi connectivity index (χ0n) is 18.8. The Hall–Kier alpha value is -0.950. The first-order chi connectivity index (χ1) is 14.5. The van der Waals surface area contributed by atoms with E-state index >= 15 is 0 Å². The molecule has 0 aromatic carbocycles. The Morgan fingerprint density at radius 2 is 1.27 bits per heavy atom. The number of carboxylic acid groups (broad SMARTS) is 1. The molecule has 30 heavy (non-hydrogen) atoms. The van der Waals surface area contributed by atoms with E-state index in [4.69, 9.17) is 5.11 Å². The summed E-state index contributed by atoms with van der Waals surface area (Å²) >= 11 is 0. The van der Waals surface area contributed by atoms with Crippen molar-refractivity contribution in [2.75, 3.05) is 19.8 Å². The molecular weight excluding hydrogens is 384 g/mol. The van der Waals surface area contributed by atoms with Crippen LogP contribution >= 0.6 is 0 Å². The molecule has 0 aliphatic carbocycles. The summed E-state index contributed by atoms with van der Waals surface area (Å²) in [5.74, 6) is -0.709. The fraction of sp³-hybridized carbons (Fsp3) is 0.875. The molecule has 0 bridgehead atoms. The van der Waals surface area contributed by atoms with Gasteiger partial charge in [0.05, 0.1) is 25.9 Å². The molecule has 0 aromatic heterocycles. The Bertz CT molecular complexity index is 412. The molecule has 0 saturated heterocycles. The van der Waals surface area contributed by atoms with Crippen molar-refractivity contribution in [3.05, 3.63) is 12.2 Å². The van der Waals surface area contributed by atoms with Gasteiger partial charge in [-0.3, -0.25) is 4.79 Å². The molecule has 0 fully saturated rings. The lowest BCUT2D eigenvalue weighted by Crippen LogP contribution is -2.33. The molecule has 0 saturated carbocycles. The van der Waals surface area contributed by atoms with Crippen LogP contribution in [-0.2, 0) is 4.79 Å². The Morgan fingerprint density at radius 3 is 1.87 bits per heavy atom. The van der Waals surface area contributed by atoms with Crippen LogP contribution in [0.5, 0.6) is 0 Å².